The first-order valence-electron chi connectivity index (χ1n) is 6.76. The van der Waals surface area contributed by atoms with Crippen molar-refractivity contribution in [1.82, 2.24) is 15.1 Å². The Labute approximate surface area is 114 Å². The van der Waals surface area contributed by atoms with Crippen LogP contribution in [-0.4, -0.2) is 21.7 Å². The van der Waals surface area contributed by atoms with E-state index >= 15 is 0 Å². The smallest absolute Gasteiger partial charge is 0.271 e. The van der Waals surface area contributed by atoms with Crippen molar-refractivity contribution in [3.63, 3.8) is 0 Å². The Morgan fingerprint density at radius 3 is 2.26 bits per heavy atom. The molecule has 1 heterocycles. The van der Waals surface area contributed by atoms with Gasteiger partial charge in [0.1, 0.15) is 5.69 Å². The molecule has 1 fully saturated rings. The molecule has 1 aromatic heterocycles. The van der Waals surface area contributed by atoms with Gasteiger partial charge in [0.2, 0.25) is 0 Å². The zero-order valence-electron chi connectivity index (χ0n) is 12.7. The number of hydrogen-bond donors (Lipinski definition) is 2. The highest BCUT2D eigenvalue weighted by Gasteiger charge is 2.65. The van der Waals surface area contributed by atoms with Gasteiger partial charge in [0.15, 0.2) is 0 Å². The van der Waals surface area contributed by atoms with Crippen LogP contribution in [0.1, 0.15) is 50.8 Å². The zero-order chi connectivity index (χ0) is 14.6. The quantitative estimate of drug-likeness (QED) is 0.873. The van der Waals surface area contributed by atoms with Gasteiger partial charge < -0.3 is 11.1 Å². The first-order valence-corrected chi connectivity index (χ1v) is 6.76. The predicted molar refractivity (Wildman–Crippen MR) is 75.8 cm³/mol. The molecule has 19 heavy (non-hydrogen) atoms. The molecule has 1 aliphatic carbocycles. The van der Waals surface area contributed by atoms with Gasteiger partial charge in [-0.3, -0.25) is 9.48 Å². The summed E-state index contributed by atoms with van der Waals surface area (Å²) in [7, 11) is 1.76. The maximum atomic E-state index is 12.4. The molecule has 106 valence electrons. The highest BCUT2D eigenvalue weighted by Crippen LogP contribution is 2.62. The number of carbonyl (C=O) groups is 1. The summed E-state index contributed by atoms with van der Waals surface area (Å²) in [6, 6.07) is 0.173. The van der Waals surface area contributed by atoms with E-state index in [1.807, 2.05) is 6.92 Å². The molecule has 0 radical (unpaired) electrons. The van der Waals surface area contributed by atoms with Gasteiger partial charge in [0.05, 0.1) is 11.4 Å². The van der Waals surface area contributed by atoms with Crippen molar-refractivity contribution in [2.24, 2.45) is 17.9 Å². The minimum absolute atomic E-state index is 0.115. The van der Waals surface area contributed by atoms with E-state index in [-0.39, 0.29) is 22.8 Å². The fourth-order valence-electron chi connectivity index (χ4n) is 2.88. The molecular weight excluding hydrogens is 240 g/mol. The summed E-state index contributed by atoms with van der Waals surface area (Å²) in [4.78, 5) is 12.4. The lowest BCUT2D eigenvalue weighted by atomic mass is 10.0. The van der Waals surface area contributed by atoms with E-state index in [9.17, 15) is 4.79 Å². The summed E-state index contributed by atoms with van der Waals surface area (Å²) in [5.74, 6) is -0.129. The van der Waals surface area contributed by atoms with Gasteiger partial charge in [-0.1, -0.05) is 34.6 Å². The fraction of sp³-hybridized carbons (Fsp3) is 0.714. The van der Waals surface area contributed by atoms with Crippen molar-refractivity contribution in [1.29, 1.82) is 0 Å². The van der Waals surface area contributed by atoms with Gasteiger partial charge in [0, 0.05) is 13.1 Å². The van der Waals surface area contributed by atoms with E-state index in [0.29, 0.717) is 11.4 Å². The Hall–Kier alpha value is -1.52. The largest absolute Gasteiger partial charge is 0.395 e. The second-order valence-electron chi connectivity index (χ2n) is 6.54. The first-order chi connectivity index (χ1) is 8.64. The predicted octanol–water partition coefficient (Wildman–Crippen LogP) is 1.73. The van der Waals surface area contributed by atoms with Crippen LogP contribution in [0.4, 0.5) is 5.69 Å². The number of hydrogen-bond acceptors (Lipinski definition) is 3. The van der Waals surface area contributed by atoms with Crippen molar-refractivity contribution in [3.8, 4) is 0 Å². The van der Waals surface area contributed by atoms with Gasteiger partial charge in [-0.15, -0.1) is 0 Å². The standard InChI is InChI=1S/C14H24N4O/c1-7-8-9(15)10(18(6)17-8)11(19)16-12-13(2,3)14(12,4)5/h12H,7,15H2,1-6H3,(H,16,19). The molecule has 1 amide bonds. The SMILES string of the molecule is CCc1nn(C)c(C(=O)NC2C(C)(C)C2(C)C)c1N. The lowest BCUT2D eigenvalue weighted by Crippen LogP contribution is -2.31. The Bertz CT molecular complexity index is 514. The lowest BCUT2D eigenvalue weighted by Gasteiger charge is -2.07. The van der Waals surface area contributed by atoms with E-state index in [1.165, 1.54) is 0 Å². The topological polar surface area (TPSA) is 72.9 Å². The average molecular weight is 264 g/mol. The highest BCUT2D eigenvalue weighted by molar-refractivity contribution is 5.98. The number of rotatable bonds is 3. The number of nitrogens with zero attached hydrogens (tertiary/aromatic N) is 2. The second-order valence-corrected chi connectivity index (χ2v) is 6.54. The van der Waals surface area contributed by atoms with Crippen molar-refractivity contribution >= 4 is 11.6 Å². The summed E-state index contributed by atoms with van der Waals surface area (Å²) in [5, 5.41) is 7.37. The van der Waals surface area contributed by atoms with Crippen molar-refractivity contribution in [2.75, 3.05) is 5.73 Å². The molecule has 0 spiro atoms. The van der Waals surface area contributed by atoms with Crippen LogP contribution < -0.4 is 11.1 Å². The average Bonchev–Trinajstić information content (AvgIpc) is 2.57. The molecular formula is C14H24N4O. The highest BCUT2D eigenvalue weighted by atomic mass is 16.2. The number of nitrogen functional groups attached to an aromatic ring is 1. The van der Waals surface area contributed by atoms with Gasteiger partial charge in [0.25, 0.3) is 5.91 Å². The lowest BCUT2D eigenvalue weighted by molar-refractivity contribution is 0.0935. The van der Waals surface area contributed by atoms with Crippen LogP contribution in [0.25, 0.3) is 0 Å². The van der Waals surface area contributed by atoms with Crippen LogP contribution in [0.3, 0.4) is 0 Å². The van der Waals surface area contributed by atoms with Crippen molar-refractivity contribution in [2.45, 2.75) is 47.1 Å². The summed E-state index contributed by atoms with van der Waals surface area (Å²) >= 11 is 0. The minimum atomic E-state index is -0.129. The number of aromatic nitrogens is 2. The molecule has 0 unspecified atom stereocenters. The molecule has 3 N–H and O–H groups in total. The van der Waals surface area contributed by atoms with Crippen LogP contribution in [0.5, 0.6) is 0 Å². The van der Waals surface area contributed by atoms with Gasteiger partial charge >= 0.3 is 0 Å². The molecule has 0 aliphatic heterocycles. The molecule has 1 aliphatic rings. The fourth-order valence-corrected chi connectivity index (χ4v) is 2.88. The van der Waals surface area contributed by atoms with Crippen LogP contribution in [0.15, 0.2) is 0 Å². The minimum Gasteiger partial charge on any atom is -0.395 e. The first kappa shape index (κ1) is 13.9. The monoisotopic (exact) mass is 264 g/mol. The molecule has 5 nitrogen and oxygen atoms in total. The number of carbonyl (C=O) groups excluding carboxylic acids is 1. The summed E-state index contributed by atoms with van der Waals surface area (Å²) in [6.07, 6.45) is 0.730. The molecule has 0 atom stereocenters. The molecule has 1 saturated carbocycles. The maximum absolute atomic E-state index is 12.4. The second kappa shape index (κ2) is 3.99. The molecule has 0 bridgehead atoms. The van der Waals surface area contributed by atoms with Crippen molar-refractivity contribution in [3.05, 3.63) is 11.4 Å². The van der Waals surface area contributed by atoms with Gasteiger partial charge in [-0.05, 0) is 17.3 Å². The van der Waals surface area contributed by atoms with Crippen LogP contribution in [0.2, 0.25) is 0 Å². The number of nitrogens with two attached hydrogens (primary N) is 1. The van der Waals surface area contributed by atoms with E-state index in [1.54, 1.807) is 11.7 Å². The zero-order valence-corrected chi connectivity index (χ0v) is 12.7. The summed E-state index contributed by atoms with van der Waals surface area (Å²) in [6.45, 7) is 10.7. The Kier molecular flexibility index (Phi) is 2.92. The summed E-state index contributed by atoms with van der Waals surface area (Å²) in [5.41, 5.74) is 7.98. The number of aryl methyl sites for hydroxylation is 2. The number of anilines is 1. The molecule has 0 saturated heterocycles. The third kappa shape index (κ3) is 1.83. The van der Waals surface area contributed by atoms with E-state index in [0.717, 1.165) is 12.1 Å². The van der Waals surface area contributed by atoms with Crippen LogP contribution in [0, 0.1) is 10.8 Å². The van der Waals surface area contributed by atoms with Crippen LogP contribution >= 0.6 is 0 Å². The normalized spacial score (nSPS) is 20.3. The van der Waals surface area contributed by atoms with Gasteiger partial charge in [-0.25, -0.2) is 0 Å². The Balaban J connectivity index is 2.21. The van der Waals surface area contributed by atoms with Crippen molar-refractivity contribution < 1.29 is 4.79 Å². The van der Waals surface area contributed by atoms with Crippen LogP contribution in [-0.2, 0) is 13.5 Å². The van der Waals surface area contributed by atoms with Gasteiger partial charge in [-0.2, -0.15) is 5.10 Å². The Morgan fingerprint density at radius 2 is 1.89 bits per heavy atom. The molecule has 2 rings (SSSR count). The summed E-state index contributed by atoms with van der Waals surface area (Å²) < 4.78 is 1.58. The number of nitrogens with one attached hydrogen (secondary N) is 1. The third-order valence-electron chi connectivity index (χ3n) is 5.01. The van der Waals surface area contributed by atoms with E-state index < -0.39 is 0 Å². The Morgan fingerprint density at radius 1 is 1.37 bits per heavy atom. The number of amides is 1. The third-order valence-corrected chi connectivity index (χ3v) is 5.01. The molecule has 5 heteroatoms. The van der Waals surface area contributed by atoms with E-state index in [4.69, 9.17) is 5.73 Å². The molecule has 1 aromatic rings. The van der Waals surface area contributed by atoms with E-state index in [2.05, 4.69) is 38.1 Å². The maximum Gasteiger partial charge on any atom is 0.271 e. The molecule has 0 aromatic carbocycles.